The Morgan fingerprint density at radius 3 is 2.67 bits per heavy atom. The van der Waals surface area contributed by atoms with Gasteiger partial charge in [0, 0.05) is 32.4 Å². The fourth-order valence-corrected chi connectivity index (χ4v) is 4.61. The number of imidazole rings is 1. The number of carbonyl (C=O) groups is 1. The normalized spacial score (nSPS) is 10.9. The molecule has 33 heavy (non-hydrogen) atoms. The number of nitrogens with zero attached hydrogens (tertiary/aromatic N) is 6. The third-order valence-electron chi connectivity index (χ3n) is 5.23. The van der Waals surface area contributed by atoms with Gasteiger partial charge in [0.2, 0.25) is 0 Å². The third kappa shape index (κ3) is 3.75. The number of amides is 1. The molecular weight excluding hydrogens is 436 g/mol. The molecule has 1 amide bonds. The lowest BCUT2D eigenvalue weighted by Gasteiger charge is -2.06. The first-order valence-electron chi connectivity index (χ1n) is 10.1. The number of nitriles is 1. The molecule has 0 unspecified atom stereocenters. The van der Waals surface area contributed by atoms with Gasteiger partial charge in [0.1, 0.15) is 27.0 Å². The van der Waals surface area contributed by atoms with Crippen molar-refractivity contribution in [3.8, 4) is 16.6 Å². The number of benzene rings is 1. The Morgan fingerprint density at radius 1 is 1.15 bits per heavy atom. The number of nitrogens with one attached hydrogen (secondary N) is 2. The fraction of sp³-hybridized carbons (Fsp3) is 0.130. The van der Waals surface area contributed by atoms with Crippen LogP contribution in [0.1, 0.15) is 21.6 Å². The smallest absolute Gasteiger partial charge is 0.253 e. The van der Waals surface area contributed by atoms with Crippen LogP contribution >= 0.6 is 11.3 Å². The van der Waals surface area contributed by atoms with E-state index in [1.165, 1.54) is 12.3 Å². The second-order valence-corrected chi connectivity index (χ2v) is 8.36. The van der Waals surface area contributed by atoms with Crippen LogP contribution in [0.4, 0.5) is 5.82 Å². The van der Waals surface area contributed by atoms with Gasteiger partial charge in [-0.1, -0.05) is 24.3 Å². The number of rotatable bonds is 5. The van der Waals surface area contributed by atoms with Crippen LogP contribution in [0.5, 0.6) is 0 Å². The van der Waals surface area contributed by atoms with E-state index in [1.54, 1.807) is 23.7 Å². The summed E-state index contributed by atoms with van der Waals surface area (Å²) in [7, 11) is 3.79. The summed E-state index contributed by atoms with van der Waals surface area (Å²) in [4.78, 5) is 30.1. The highest BCUT2D eigenvalue weighted by atomic mass is 32.1. The lowest BCUT2D eigenvalue weighted by atomic mass is 10.1. The van der Waals surface area contributed by atoms with Gasteiger partial charge in [0.05, 0.1) is 17.4 Å². The first-order valence-corrected chi connectivity index (χ1v) is 10.9. The van der Waals surface area contributed by atoms with Crippen LogP contribution < -0.4 is 10.6 Å². The average Bonchev–Trinajstić information content (AvgIpc) is 3.46. The fourth-order valence-electron chi connectivity index (χ4n) is 3.51. The molecule has 4 heterocycles. The van der Waals surface area contributed by atoms with Crippen molar-refractivity contribution in [2.24, 2.45) is 7.05 Å². The van der Waals surface area contributed by atoms with Crippen LogP contribution in [-0.4, -0.2) is 37.5 Å². The van der Waals surface area contributed by atoms with Gasteiger partial charge in [-0.3, -0.25) is 4.79 Å². The molecule has 0 saturated heterocycles. The lowest BCUT2D eigenvalue weighted by Crippen LogP contribution is -2.22. The maximum absolute atomic E-state index is 12.3. The molecule has 5 aromatic rings. The molecule has 5 rings (SSSR count). The van der Waals surface area contributed by atoms with Crippen LogP contribution in [0.25, 0.3) is 32.0 Å². The lowest BCUT2D eigenvalue weighted by molar-refractivity contribution is 0.0950. The zero-order valence-electron chi connectivity index (χ0n) is 17.8. The van der Waals surface area contributed by atoms with E-state index >= 15 is 0 Å². The maximum atomic E-state index is 12.3. The van der Waals surface area contributed by atoms with Crippen LogP contribution in [0.2, 0.25) is 0 Å². The van der Waals surface area contributed by atoms with Crippen LogP contribution in [0.15, 0.2) is 48.9 Å². The summed E-state index contributed by atoms with van der Waals surface area (Å²) in [5.74, 6) is 0.465. The van der Waals surface area contributed by atoms with Gasteiger partial charge in [-0.2, -0.15) is 5.26 Å². The number of thiazole rings is 1. The zero-order valence-corrected chi connectivity index (χ0v) is 18.6. The number of fused-ring (bicyclic) bond motifs is 3. The molecule has 0 aliphatic heterocycles. The quantitative estimate of drug-likeness (QED) is 0.417. The van der Waals surface area contributed by atoms with Gasteiger partial charge in [-0.15, -0.1) is 11.3 Å². The highest BCUT2D eigenvalue weighted by Crippen LogP contribution is 2.35. The average molecular weight is 455 g/mol. The van der Waals surface area contributed by atoms with Crippen molar-refractivity contribution in [1.29, 1.82) is 5.26 Å². The molecule has 9 nitrogen and oxygen atoms in total. The van der Waals surface area contributed by atoms with Crippen molar-refractivity contribution in [3.05, 3.63) is 65.7 Å². The minimum atomic E-state index is -0.242. The molecule has 0 atom stereocenters. The summed E-state index contributed by atoms with van der Waals surface area (Å²) in [6.07, 6.45) is 3.18. The molecule has 1 aromatic carbocycles. The van der Waals surface area contributed by atoms with Gasteiger partial charge in [-0.05, 0) is 17.7 Å². The standard InChI is InChI=1S/C23H18N8OS/c1-25-20-17-18(31(2)12-28-17)19-21(29-20)30-23(33-19)14-5-3-13(4-6-14)10-27-22(32)15-7-8-16(9-24)26-11-15/h3-8,11-12H,10H2,1-2H3,(H,25,29)(H,27,32). The maximum Gasteiger partial charge on any atom is 0.253 e. The Balaban J connectivity index is 1.36. The number of anilines is 1. The second-order valence-electron chi connectivity index (χ2n) is 7.36. The van der Waals surface area contributed by atoms with Gasteiger partial charge in [0.25, 0.3) is 5.91 Å². The van der Waals surface area contributed by atoms with Crippen LogP contribution in [0.3, 0.4) is 0 Å². The van der Waals surface area contributed by atoms with Crippen molar-refractivity contribution >= 4 is 44.4 Å². The Hall–Kier alpha value is -4.36. The first kappa shape index (κ1) is 20.5. The summed E-state index contributed by atoms with van der Waals surface area (Å²) in [5.41, 5.74) is 5.14. The molecule has 0 spiro atoms. The van der Waals surface area contributed by atoms with E-state index < -0.39 is 0 Å². The van der Waals surface area contributed by atoms with E-state index in [0.717, 1.165) is 31.9 Å². The third-order valence-corrected chi connectivity index (χ3v) is 6.33. The summed E-state index contributed by atoms with van der Waals surface area (Å²) in [6, 6.07) is 12.9. The largest absolute Gasteiger partial charge is 0.371 e. The highest BCUT2D eigenvalue weighted by molar-refractivity contribution is 7.22. The number of carbonyl (C=O) groups excluding carboxylic acids is 1. The molecule has 0 aliphatic carbocycles. The highest BCUT2D eigenvalue weighted by Gasteiger charge is 2.17. The molecular formula is C23H18N8OS. The van der Waals surface area contributed by atoms with Crippen molar-refractivity contribution < 1.29 is 4.79 Å². The Morgan fingerprint density at radius 2 is 1.97 bits per heavy atom. The number of aryl methyl sites for hydroxylation is 1. The minimum Gasteiger partial charge on any atom is -0.371 e. The number of pyridine rings is 2. The van der Waals surface area contributed by atoms with E-state index in [2.05, 4.69) is 25.6 Å². The van der Waals surface area contributed by atoms with Gasteiger partial charge in [-0.25, -0.2) is 19.9 Å². The van der Waals surface area contributed by atoms with Crippen molar-refractivity contribution in [1.82, 2.24) is 29.8 Å². The molecule has 0 fully saturated rings. The summed E-state index contributed by atoms with van der Waals surface area (Å²) in [6.45, 7) is 0.377. The van der Waals surface area contributed by atoms with E-state index in [4.69, 9.17) is 10.2 Å². The monoisotopic (exact) mass is 454 g/mol. The molecule has 0 bridgehead atoms. The molecule has 4 aromatic heterocycles. The molecule has 2 N–H and O–H groups in total. The Kier molecular flexibility index (Phi) is 5.16. The first-order chi connectivity index (χ1) is 16.1. The van der Waals surface area contributed by atoms with E-state index in [1.807, 2.05) is 49.0 Å². The van der Waals surface area contributed by atoms with Gasteiger partial charge < -0.3 is 15.2 Å². The summed E-state index contributed by atoms with van der Waals surface area (Å²) < 4.78 is 2.98. The van der Waals surface area contributed by atoms with Crippen LogP contribution in [0, 0.1) is 11.3 Å². The van der Waals surface area contributed by atoms with Crippen LogP contribution in [-0.2, 0) is 13.6 Å². The van der Waals surface area contributed by atoms with E-state index in [-0.39, 0.29) is 11.6 Å². The van der Waals surface area contributed by atoms with E-state index in [0.29, 0.717) is 23.6 Å². The molecule has 10 heteroatoms. The minimum absolute atomic E-state index is 0.242. The summed E-state index contributed by atoms with van der Waals surface area (Å²) in [5, 5.41) is 15.6. The predicted octanol–water partition coefficient (Wildman–Crippen LogP) is 3.48. The topological polar surface area (TPSA) is 121 Å². The number of hydrogen-bond donors (Lipinski definition) is 2. The predicted molar refractivity (Wildman–Crippen MR) is 127 cm³/mol. The second kappa shape index (κ2) is 8.29. The summed E-state index contributed by atoms with van der Waals surface area (Å²) >= 11 is 1.58. The molecule has 0 saturated carbocycles. The number of aromatic nitrogens is 5. The molecule has 0 aliphatic rings. The number of hydrogen-bond acceptors (Lipinski definition) is 8. The van der Waals surface area contributed by atoms with Crippen molar-refractivity contribution in [3.63, 3.8) is 0 Å². The zero-order chi connectivity index (χ0) is 22.9. The SMILES string of the molecule is CNc1nc2nc(-c3ccc(CNC(=O)c4ccc(C#N)nc4)cc3)sc2c2c1ncn2C. The van der Waals surface area contributed by atoms with Crippen molar-refractivity contribution in [2.45, 2.75) is 6.54 Å². The van der Waals surface area contributed by atoms with Gasteiger partial charge >= 0.3 is 0 Å². The van der Waals surface area contributed by atoms with Gasteiger partial charge in [0.15, 0.2) is 11.5 Å². The van der Waals surface area contributed by atoms with Crippen molar-refractivity contribution in [2.75, 3.05) is 12.4 Å². The Bertz CT molecular complexity index is 1530. The molecule has 0 radical (unpaired) electrons. The Labute approximate surface area is 192 Å². The molecule has 162 valence electrons. The van der Waals surface area contributed by atoms with E-state index in [9.17, 15) is 4.79 Å².